The molecule has 0 unspecified atom stereocenters. The minimum absolute atomic E-state index is 0.160. The third-order valence-corrected chi connectivity index (χ3v) is 4.18. The van der Waals surface area contributed by atoms with Crippen LogP contribution in [0.5, 0.6) is 5.75 Å². The minimum atomic E-state index is 0.160. The van der Waals surface area contributed by atoms with Crippen LogP contribution in [0.3, 0.4) is 0 Å². The van der Waals surface area contributed by atoms with Crippen LogP contribution in [0.25, 0.3) is 0 Å². The number of Topliss-reactive ketones (excluding diaryl/α,β-unsaturated/α-hetero) is 1. The fourth-order valence-electron chi connectivity index (χ4n) is 2.11. The highest BCUT2D eigenvalue weighted by Gasteiger charge is 2.23. The van der Waals surface area contributed by atoms with Gasteiger partial charge in [0.05, 0.1) is 18.1 Å². The summed E-state index contributed by atoms with van der Waals surface area (Å²) in [6.45, 7) is 0.490. The molecule has 0 aromatic heterocycles. The number of ketones is 1. The largest absolute Gasteiger partial charge is 0.496 e. The van der Waals surface area contributed by atoms with E-state index in [0.717, 1.165) is 15.8 Å². The summed E-state index contributed by atoms with van der Waals surface area (Å²) >= 11 is 3.40. The number of carbonyl (C=O) groups excluding carboxylic acids is 1. The van der Waals surface area contributed by atoms with Crippen LogP contribution in [0.4, 0.5) is 0 Å². The molecular weight excluding hydrogens is 294 g/mol. The number of benzene rings is 1. The highest BCUT2D eigenvalue weighted by Crippen LogP contribution is 2.27. The Morgan fingerprint density at radius 1 is 1.50 bits per heavy atom. The maximum absolute atomic E-state index is 12.1. The molecule has 1 aromatic rings. The molecular formula is C14H18BrNO2. The molecule has 1 saturated carbocycles. The maximum atomic E-state index is 12.1. The Morgan fingerprint density at radius 3 is 2.72 bits per heavy atom. The molecule has 0 heterocycles. The van der Waals surface area contributed by atoms with E-state index < -0.39 is 0 Å². The van der Waals surface area contributed by atoms with Crippen LogP contribution in [0.1, 0.15) is 29.6 Å². The zero-order valence-electron chi connectivity index (χ0n) is 10.8. The molecule has 0 amide bonds. The molecule has 0 aliphatic heterocycles. The Morgan fingerprint density at radius 2 is 2.22 bits per heavy atom. The van der Waals surface area contributed by atoms with E-state index in [2.05, 4.69) is 20.8 Å². The summed E-state index contributed by atoms with van der Waals surface area (Å²) < 4.78 is 5.98. The molecule has 0 radical (unpaired) electrons. The van der Waals surface area contributed by atoms with Gasteiger partial charge in [0, 0.05) is 11.6 Å². The molecule has 0 N–H and O–H groups in total. The van der Waals surface area contributed by atoms with Gasteiger partial charge in [-0.15, -0.1) is 0 Å². The fraction of sp³-hybridized carbons (Fsp3) is 0.500. The second-order valence-corrected chi connectivity index (χ2v) is 5.63. The number of methoxy groups -OCH3 is 1. The molecule has 1 aliphatic rings. The molecule has 0 spiro atoms. The van der Waals surface area contributed by atoms with Crippen molar-refractivity contribution in [3.63, 3.8) is 0 Å². The van der Waals surface area contributed by atoms with E-state index in [-0.39, 0.29) is 5.78 Å². The van der Waals surface area contributed by atoms with Crippen molar-refractivity contribution >= 4 is 21.7 Å². The Labute approximate surface area is 116 Å². The summed E-state index contributed by atoms with van der Waals surface area (Å²) in [4.78, 5) is 14.3. The quantitative estimate of drug-likeness (QED) is 0.782. The van der Waals surface area contributed by atoms with E-state index in [0.29, 0.717) is 12.6 Å². The van der Waals surface area contributed by atoms with Gasteiger partial charge >= 0.3 is 0 Å². The molecule has 1 fully saturated rings. The van der Waals surface area contributed by atoms with Gasteiger partial charge in [-0.2, -0.15) is 0 Å². The molecule has 18 heavy (non-hydrogen) atoms. The van der Waals surface area contributed by atoms with Crippen LogP contribution in [-0.2, 0) is 0 Å². The monoisotopic (exact) mass is 311 g/mol. The van der Waals surface area contributed by atoms with Crippen molar-refractivity contribution in [2.45, 2.75) is 25.3 Å². The number of likely N-dealkylation sites (N-methyl/N-ethyl adjacent to an activating group) is 1. The lowest BCUT2D eigenvalue weighted by Gasteiger charge is -2.34. The second-order valence-electron chi connectivity index (χ2n) is 4.77. The summed E-state index contributed by atoms with van der Waals surface area (Å²) in [5, 5.41) is 0. The van der Waals surface area contributed by atoms with Gasteiger partial charge in [0.25, 0.3) is 0 Å². The van der Waals surface area contributed by atoms with E-state index >= 15 is 0 Å². The summed E-state index contributed by atoms with van der Waals surface area (Å²) in [5.74, 6) is 0.909. The Balaban J connectivity index is 2.01. The smallest absolute Gasteiger partial charge is 0.176 e. The van der Waals surface area contributed by atoms with E-state index in [1.54, 1.807) is 7.11 Å². The second kappa shape index (κ2) is 5.85. The first kappa shape index (κ1) is 13.6. The van der Waals surface area contributed by atoms with Gasteiger partial charge in [-0.3, -0.25) is 9.69 Å². The van der Waals surface area contributed by atoms with Crippen molar-refractivity contribution in [2.75, 3.05) is 20.7 Å². The molecule has 98 valence electrons. The molecule has 1 aromatic carbocycles. The van der Waals surface area contributed by atoms with Crippen LogP contribution in [-0.4, -0.2) is 37.4 Å². The van der Waals surface area contributed by atoms with Crippen LogP contribution >= 0.6 is 15.9 Å². The standard InChI is InChI=1S/C14H18BrNO2/c1-16(11-4-3-5-11)9-13(17)10-6-7-14(18-2)12(15)8-10/h6-8,11H,3-5,9H2,1-2H3. The molecule has 1 aliphatic carbocycles. The third-order valence-electron chi connectivity index (χ3n) is 3.56. The normalized spacial score (nSPS) is 15.6. The van der Waals surface area contributed by atoms with Crippen LogP contribution in [0, 0.1) is 0 Å². The van der Waals surface area contributed by atoms with Gasteiger partial charge in [-0.1, -0.05) is 6.42 Å². The maximum Gasteiger partial charge on any atom is 0.176 e. The first-order valence-electron chi connectivity index (χ1n) is 6.19. The summed E-state index contributed by atoms with van der Waals surface area (Å²) in [6, 6.07) is 6.06. The first-order valence-corrected chi connectivity index (χ1v) is 6.98. The van der Waals surface area contributed by atoms with Gasteiger partial charge in [-0.05, 0) is 54.0 Å². The van der Waals surface area contributed by atoms with Crippen molar-refractivity contribution in [1.82, 2.24) is 4.90 Å². The van der Waals surface area contributed by atoms with Crippen LogP contribution in [0.2, 0.25) is 0 Å². The molecule has 4 heteroatoms. The average molecular weight is 312 g/mol. The number of rotatable bonds is 5. The highest BCUT2D eigenvalue weighted by molar-refractivity contribution is 9.10. The van der Waals surface area contributed by atoms with Gasteiger partial charge in [-0.25, -0.2) is 0 Å². The zero-order chi connectivity index (χ0) is 13.1. The van der Waals surface area contributed by atoms with Crippen molar-refractivity contribution in [1.29, 1.82) is 0 Å². The van der Waals surface area contributed by atoms with Gasteiger partial charge in [0.2, 0.25) is 0 Å². The number of carbonyl (C=O) groups is 1. The van der Waals surface area contributed by atoms with Gasteiger partial charge in [0.1, 0.15) is 5.75 Å². The minimum Gasteiger partial charge on any atom is -0.496 e. The molecule has 0 bridgehead atoms. The zero-order valence-corrected chi connectivity index (χ0v) is 12.4. The van der Waals surface area contributed by atoms with E-state index in [9.17, 15) is 4.79 Å². The summed E-state index contributed by atoms with van der Waals surface area (Å²) in [7, 11) is 3.65. The number of ether oxygens (including phenoxy) is 1. The number of halogens is 1. The number of hydrogen-bond donors (Lipinski definition) is 0. The molecule has 3 nitrogen and oxygen atoms in total. The van der Waals surface area contributed by atoms with Gasteiger partial charge < -0.3 is 4.74 Å². The van der Waals surface area contributed by atoms with E-state index in [4.69, 9.17) is 4.74 Å². The van der Waals surface area contributed by atoms with Crippen LogP contribution in [0.15, 0.2) is 22.7 Å². The van der Waals surface area contributed by atoms with E-state index in [1.165, 1.54) is 19.3 Å². The van der Waals surface area contributed by atoms with Crippen molar-refractivity contribution < 1.29 is 9.53 Å². The lowest BCUT2D eigenvalue weighted by Crippen LogP contribution is -2.40. The van der Waals surface area contributed by atoms with E-state index in [1.807, 2.05) is 25.2 Å². The molecule has 0 atom stereocenters. The fourth-order valence-corrected chi connectivity index (χ4v) is 2.65. The summed E-state index contributed by atoms with van der Waals surface area (Å²) in [6.07, 6.45) is 3.73. The van der Waals surface area contributed by atoms with Crippen molar-refractivity contribution in [3.05, 3.63) is 28.2 Å². The predicted octanol–water partition coefficient (Wildman–Crippen LogP) is 3.12. The Kier molecular flexibility index (Phi) is 4.40. The first-order chi connectivity index (χ1) is 8.61. The summed E-state index contributed by atoms with van der Waals surface area (Å²) in [5.41, 5.74) is 0.730. The third kappa shape index (κ3) is 2.93. The highest BCUT2D eigenvalue weighted by atomic mass is 79.9. The lowest BCUT2D eigenvalue weighted by atomic mass is 9.91. The van der Waals surface area contributed by atoms with Gasteiger partial charge in [0.15, 0.2) is 5.78 Å². The van der Waals surface area contributed by atoms with Crippen molar-refractivity contribution in [3.8, 4) is 5.75 Å². The lowest BCUT2D eigenvalue weighted by molar-refractivity contribution is 0.0870. The number of nitrogens with zero attached hydrogens (tertiary/aromatic N) is 1. The predicted molar refractivity (Wildman–Crippen MR) is 75.3 cm³/mol. The average Bonchev–Trinajstić information content (AvgIpc) is 2.26. The topological polar surface area (TPSA) is 29.5 Å². The molecule has 2 rings (SSSR count). The number of hydrogen-bond acceptors (Lipinski definition) is 3. The molecule has 0 saturated heterocycles. The SMILES string of the molecule is COc1ccc(C(=O)CN(C)C2CCC2)cc1Br. The van der Waals surface area contributed by atoms with Crippen LogP contribution < -0.4 is 4.74 Å². The Bertz CT molecular complexity index is 443. The Hall–Kier alpha value is -0.870. The van der Waals surface area contributed by atoms with Crippen molar-refractivity contribution in [2.24, 2.45) is 0 Å².